The first kappa shape index (κ1) is 18.7. The molecule has 138 valence electrons. The molecule has 2 amide bonds. The molecule has 2 aromatic rings. The second-order valence-corrected chi connectivity index (χ2v) is 7.01. The highest BCUT2D eigenvalue weighted by molar-refractivity contribution is 8.18. The average molecular weight is 383 g/mol. The summed E-state index contributed by atoms with van der Waals surface area (Å²) in [4.78, 5) is 36.2. The van der Waals surface area contributed by atoms with Crippen molar-refractivity contribution in [3.05, 3.63) is 75.0 Å². The Morgan fingerprint density at radius 1 is 1.22 bits per heavy atom. The number of aromatic nitrogens is 1. The molecular weight excluding hydrogens is 366 g/mol. The van der Waals surface area contributed by atoms with E-state index in [0.717, 1.165) is 39.3 Å². The van der Waals surface area contributed by atoms with Crippen LogP contribution >= 0.6 is 11.8 Å². The molecule has 0 atom stereocenters. The van der Waals surface area contributed by atoms with Gasteiger partial charge in [-0.15, -0.1) is 6.58 Å². The number of aryl methyl sites for hydroxylation is 1. The molecule has 27 heavy (non-hydrogen) atoms. The molecule has 0 unspecified atom stereocenters. The number of nitrogens with zero attached hydrogens (tertiary/aromatic N) is 3. The van der Waals surface area contributed by atoms with Crippen molar-refractivity contribution in [2.75, 3.05) is 6.54 Å². The van der Waals surface area contributed by atoms with Crippen LogP contribution in [0.4, 0.5) is 10.5 Å². The first-order valence-electron chi connectivity index (χ1n) is 8.13. The van der Waals surface area contributed by atoms with E-state index in [4.69, 9.17) is 0 Å². The number of carbonyl (C=O) groups excluding carboxylic acids is 2. The van der Waals surface area contributed by atoms with E-state index in [1.807, 2.05) is 24.5 Å². The first-order chi connectivity index (χ1) is 12.8. The van der Waals surface area contributed by atoms with E-state index in [-0.39, 0.29) is 23.4 Å². The van der Waals surface area contributed by atoms with Crippen LogP contribution in [0.5, 0.6) is 0 Å². The minimum Gasteiger partial charge on any atom is -0.318 e. The maximum Gasteiger partial charge on any atom is 0.293 e. The highest BCUT2D eigenvalue weighted by Gasteiger charge is 2.34. The highest BCUT2D eigenvalue weighted by Crippen LogP contribution is 2.33. The number of nitro benzene ring substituents is 1. The smallest absolute Gasteiger partial charge is 0.293 e. The summed E-state index contributed by atoms with van der Waals surface area (Å²) in [5, 5.41) is 10.5. The summed E-state index contributed by atoms with van der Waals surface area (Å²) in [6.45, 7) is 7.55. The van der Waals surface area contributed by atoms with Crippen LogP contribution in [0.25, 0.3) is 11.8 Å². The van der Waals surface area contributed by atoms with Gasteiger partial charge in [-0.25, -0.2) is 0 Å². The molecule has 0 saturated carbocycles. The van der Waals surface area contributed by atoms with Crippen LogP contribution in [-0.2, 0) is 4.79 Å². The van der Waals surface area contributed by atoms with Crippen LogP contribution in [0.1, 0.15) is 17.0 Å². The van der Waals surface area contributed by atoms with Gasteiger partial charge in [0.05, 0.1) is 9.83 Å². The molecule has 7 nitrogen and oxygen atoms in total. The van der Waals surface area contributed by atoms with Crippen molar-refractivity contribution in [1.29, 1.82) is 0 Å². The quantitative estimate of drug-likeness (QED) is 0.334. The van der Waals surface area contributed by atoms with Crippen LogP contribution in [0.3, 0.4) is 0 Å². The molecule has 0 aliphatic carbocycles. The van der Waals surface area contributed by atoms with Crippen LogP contribution in [0.2, 0.25) is 0 Å². The van der Waals surface area contributed by atoms with Gasteiger partial charge in [0.15, 0.2) is 0 Å². The number of carbonyl (C=O) groups is 2. The molecule has 0 spiro atoms. The Bertz CT molecular complexity index is 989. The van der Waals surface area contributed by atoms with Gasteiger partial charge in [0.1, 0.15) is 0 Å². The normalized spacial score (nSPS) is 15.6. The SMILES string of the molecule is C=CCN1C(=O)S/C(=C\c2cc(C)n(-c3ccc([N+](=O)[O-])cc3)c2C)C1=O. The fourth-order valence-corrected chi connectivity index (χ4v) is 3.82. The largest absolute Gasteiger partial charge is 0.318 e. The second kappa shape index (κ2) is 7.24. The minimum absolute atomic E-state index is 0.0253. The topological polar surface area (TPSA) is 85.4 Å². The van der Waals surface area contributed by atoms with E-state index in [1.165, 1.54) is 18.2 Å². The van der Waals surface area contributed by atoms with Gasteiger partial charge < -0.3 is 4.57 Å². The molecule has 0 N–H and O–H groups in total. The van der Waals surface area contributed by atoms with Crippen molar-refractivity contribution in [3.8, 4) is 5.69 Å². The number of non-ortho nitro benzene ring substituents is 1. The molecule has 2 heterocycles. The second-order valence-electron chi connectivity index (χ2n) is 6.02. The number of amides is 2. The number of benzene rings is 1. The van der Waals surface area contributed by atoms with E-state index in [2.05, 4.69) is 6.58 Å². The lowest BCUT2D eigenvalue weighted by Gasteiger charge is -2.09. The fraction of sp³-hybridized carbons (Fsp3) is 0.158. The molecule has 0 radical (unpaired) electrons. The lowest BCUT2D eigenvalue weighted by Crippen LogP contribution is -2.27. The van der Waals surface area contributed by atoms with E-state index < -0.39 is 4.92 Å². The third kappa shape index (κ3) is 3.43. The molecule has 1 aromatic heterocycles. The number of hydrogen-bond donors (Lipinski definition) is 0. The van der Waals surface area contributed by atoms with Crippen molar-refractivity contribution < 1.29 is 14.5 Å². The number of nitro groups is 1. The third-order valence-electron chi connectivity index (χ3n) is 4.26. The molecule has 1 fully saturated rings. The van der Waals surface area contributed by atoms with Crippen LogP contribution in [0, 0.1) is 24.0 Å². The van der Waals surface area contributed by atoms with Crippen molar-refractivity contribution in [2.45, 2.75) is 13.8 Å². The zero-order valence-corrected chi connectivity index (χ0v) is 15.7. The molecule has 1 aliphatic rings. The Morgan fingerprint density at radius 3 is 2.48 bits per heavy atom. The summed E-state index contributed by atoms with van der Waals surface area (Å²) in [7, 11) is 0. The van der Waals surface area contributed by atoms with Gasteiger partial charge in [-0.1, -0.05) is 6.08 Å². The van der Waals surface area contributed by atoms with Gasteiger partial charge in [-0.3, -0.25) is 24.6 Å². The Balaban J connectivity index is 1.97. The molecule has 3 rings (SSSR count). The zero-order valence-electron chi connectivity index (χ0n) is 14.8. The van der Waals surface area contributed by atoms with Gasteiger partial charge >= 0.3 is 0 Å². The van der Waals surface area contributed by atoms with E-state index in [9.17, 15) is 19.7 Å². The monoisotopic (exact) mass is 383 g/mol. The van der Waals surface area contributed by atoms with Crippen molar-refractivity contribution in [3.63, 3.8) is 0 Å². The molecule has 8 heteroatoms. The Labute approximate surface area is 160 Å². The molecule has 1 aliphatic heterocycles. The Morgan fingerprint density at radius 2 is 1.89 bits per heavy atom. The van der Waals surface area contributed by atoms with Crippen molar-refractivity contribution >= 4 is 34.7 Å². The van der Waals surface area contributed by atoms with Gasteiger partial charge in [0, 0.05) is 35.8 Å². The minimum atomic E-state index is -0.441. The predicted octanol–water partition coefficient (Wildman–Crippen LogP) is 4.22. The van der Waals surface area contributed by atoms with E-state index in [0.29, 0.717) is 4.91 Å². The third-order valence-corrected chi connectivity index (χ3v) is 5.17. The van der Waals surface area contributed by atoms with Crippen molar-refractivity contribution in [1.82, 2.24) is 9.47 Å². The number of hydrogen-bond acceptors (Lipinski definition) is 5. The lowest BCUT2D eigenvalue weighted by molar-refractivity contribution is -0.384. The summed E-state index contributed by atoms with van der Waals surface area (Å²) in [5.74, 6) is -0.329. The summed E-state index contributed by atoms with van der Waals surface area (Å²) in [6.07, 6.45) is 3.22. The Hall–Kier alpha value is -3.13. The molecular formula is C19H17N3O4S. The summed E-state index contributed by atoms with van der Waals surface area (Å²) in [5.41, 5.74) is 3.41. The standard InChI is InChI=1S/C19H17N3O4S/c1-4-9-20-18(23)17(27-19(20)24)11-14-10-12(2)21(13(14)3)15-5-7-16(8-6-15)22(25)26/h4-8,10-11H,1,9H2,2-3H3/b17-11-. The number of thioether (sulfide) groups is 1. The maximum absolute atomic E-state index is 12.4. The molecule has 0 bridgehead atoms. The first-order valence-corrected chi connectivity index (χ1v) is 8.95. The summed E-state index contributed by atoms with van der Waals surface area (Å²) >= 11 is 0.908. The predicted molar refractivity (Wildman–Crippen MR) is 105 cm³/mol. The summed E-state index contributed by atoms with van der Waals surface area (Å²) < 4.78 is 1.95. The number of rotatable bonds is 5. The molecule has 1 aromatic carbocycles. The van der Waals surface area contributed by atoms with E-state index >= 15 is 0 Å². The molecule has 1 saturated heterocycles. The highest BCUT2D eigenvalue weighted by atomic mass is 32.2. The zero-order chi connectivity index (χ0) is 19.7. The summed E-state index contributed by atoms with van der Waals surface area (Å²) in [6, 6.07) is 8.18. The van der Waals surface area contributed by atoms with Gasteiger partial charge in [-0.2, -0.15) is 0 Å². The Kier molecular flexibility index (Phi) is 5.00. The van der Waals surface area contributed by atoms with Gasteiger partial charge in [0.2, 0.25) is 0 Å². The fourth-order valence-electron chi connectivity index (χ4n) is 2.98. The van der Waals surface area contributed by atoms with Gasteiger partial charge in [0.25, 0.3) is 16.8 Å². The van der Waals surface area contributed by atoms with Crippen LogP contribution in [-0.4, -0.2) is 32.1 Å². The van der Waals surface area contributed by atoms with Gasteiger partial charge in [-0.05, 0) is 55.4 Å². The number of imide groups is 1. The van der Waals surface area contributed by atoms with E-state index in [1.54, 1.807) is 18.2 Å². The van der Waals surface area contributed by atoms with Crippen molar-refractivity contribution in [2.24, 2.45) is 0 Å². The lowest BCUT2D eigenvalue weighted by atomic mass is 10.2. The van der Waals surface area contributed by atoms with Crippen LogP contribution in [0.15, 0.2) is 47.9 Å². The maximum atomic E-state index is 12.4. The van der Waals surface area contributed by atoms with Crippen LogP contribution < -0.4 is 0 Å². The average Bonchev–Trinajstić information content (AvgIpc) is 3.05.